The lowest BCUT2D eigenvalue weighted by molar-refractivity contribution is 0.0376. The number of morpholine rings is 1. The number of nitrogens with two attached hydrogens (primary N) is 2. The number of rotatable bonds is 7. The van der Waals surface area contributed by atoms with Crippen molar-refractivity contribution < 1.29 is 9.53 Å². The maximum Gasteiger partial charge on any atom is 0.248 e. The fourth-order valence-corrected chi connectivity index (χ4v) is 2.40. The molecule has 5 N–H and O–H groups in total. The summed E-state index contributed by atoms with van der Waals surface area (Å²) in [6.45, 7) is 5.88. The third-order valence-corrected chi connectivity index (χ3v) is 3.70. The SMILES string of the molecule is I.NC(=O)c1cccc(CN=C(N)NCCCN2CCOCC2)c1. The Labute approximate surface area is 159 Å². The summed E-state index contributed by atoms with van der Waals surface area (Å²) in [5.41, 5.74) is 12.5. The molecule has 0 atom stereocenters. The van der Waals surface area contributed by atoms with Gasteiger partial charge in [-0.3, -0.25) is 9.69 Å². The van der Waals surface area contributed by atoms with Crippen molar-refractivity contribution in [3.05, 3.63) is 35.4 Å². The van der Waals surface area contributed by atoms with E-state index in [0.717, 1.165) is 51.4 Å². The molecule has 134 valence electrons. The van der Waals surface area contributed by atoms with Crippen LogP contribution in [0, 0.1) is 0 Å². The molecule has 1 amide bonds. The van der Waals surface area contributed by atoms with E-state index in [1.807, 2.05) is 6.07 Å². The highest BCUT2D eigenvalue weighted by atomic mass is 127. The number of hydrogen-bond donors (Lipinski definition) is 3. The lowest BCUT2D eigenvalue weighted by Gasteiger charge is -2.26. The topological polar surface area (TPSA) is 106 Å². The smallest absolute Gasteiger partial charge is 0.248 e. The first-order valence-corrected chi connectivity index (χ1v) is 7.88. The highest BCUT2D eigenvalue weighted by molar-refractivity contribution is 14.0. The summed E-state index contributed by atoms with van der Waals surface area (Å²) in [5.74, 6) is -0.0264. The minimum Gasteiger partial charge on any atom is -0.379 e. The van der Waals surface area contributed by atoms with Gasteiger partial charge in [-0.2, -0.15) is 0 Å². The van der Waals surface area contributed by atoms with Crippen LogP contribution in [-0.4, -0.2) is 56.2 Å². The number of carbonyl (C=O) groups is 1. The molecule has 1 saturated heterocycles. The summed E-state index contributed by atoms with van der Waals surface area (Å²) in [6.07, 6.45) is 1.01. The number of nitrogens with one attached hydrogen (secondary N) is 1. The highest BCUT2D eigenvalue weighted by Gasteiger charge is 2.09. The third kappa shape index (κ3) is 7.45. The highest BCUT2D eigenvalue weighted by Crippen LogP contribution is 2.05. The molecule has 1 fully saturated rings. The molecule has 0 aliphatic carbocycles. The van der Waals surface area contributed by atoms with Crippen LogP contribution in [0.5, 0.6) is 0 Å². The molecule has 8 heteroatoms. The second-order valence-electron chi connectivity index (χ2n) is 5.50. The monoisotopic (exact) mass is 447 g/mol. The van der Waals surface area contributed by atoms with E-state index in [4.69, 9.17) is 16.2 Å². The minimum atomic E-state index is -0.440. The average molecular weight is 447 g/mol. The summed E-state index contributed by atoms with van der Waals surface area (Å²) in [6, 6.07) is 7.10. The molecule has 1 aromatic rings. The number of primary amides is 1. The van der Waals surface area contributed by atoms with Crippen LogP contribution in [-0.2, 0) is 11.3 Å². The predicted molar refractivity (Wildman–Crippen MR) is 106 cm³/mol. The zero-order valence-corrected chi connectivity index (χ0v) is 16.1. The van der Waals surface area contributed by atoms with E-state index in [1.165, 1.54) is 0 Å². The molecule has 7 nitrogen and oxygen atoms in total. The molecule has 1 aliphatic heterocycles. The van der Waals surface area contributed by atoms with Crippen molar-refractivity contribution in [1.82, 2.24) is 10.2 Å². The molecule has 1 heterocycles. The zero-order chi connectivity index (χ0) is 16.5. The molecule has 1 aliphatic rings. The largest absolute Gasteiger partial charge is 0.379 e. The molecule has 0 aromatic heterocycles. The van der Waals surface area contributed by atoms with Crippen LogP contribution < -0.4 is 16.8 Å². The first kappa shape index (κ1) is 20.7. The summed E-state index contributed by atoms with van der Waals surface area (Å²) >= 11 is 0. The molecule has 0 unspecified atom stereocenters. The number of nitrogens with zero attached hydrogens (tertiary/aromatic N) is 2. The van der Waals surface area contributed by atoms with Crippen LogP contribution in [0.25, 0.3) is 0 Å². The lowest BCUT2D eigenvalue weighted by Crippen LogP contribution is -2.39. The van der Waals surface area contributed by atoms with Crippen LogP contribution in [0.2, 0.25) is 0 Å². The number of carbonyl (C=O) groups excluding carboxylic acids is 1. The van der Waals surface area contributed by atoms with Gasteiger partial charge in [0.05, 0.1) is 19.8 Å². The molecule has 0 spiro atoms. The number of ether oxygens (including phenoxy) is 1. The summed E-state index contributed by atoms with van der Waals surface area (Å²) in [5, 5.41) is 3.11. The summed E-state index contributed by atoms with van der Waals surface area (Å²) in [4.78, 5) is 17.8. The summed E-state index contributed by atoms with van der Waals surface area (Å²) in [7, 11) is 0. The standard InChI is InChI=1S/C16H25N5O2.HI/c17-15(22)14-4-1-3-13(11-14)12-20-16(18)19-5-2-6-21-7-9-23-10-8-21;/h1,3-4,11H,2,5-10,12H2,(H2,17,22)(H3,18,19,20);1H. The van der Waals surface area contributed by atoms with Crippen LogP contribution >= 0.6 is 24.0 Å². The van der Waals surface area contributed by atoms with Crippen molar-refractivity contribution in [2.45, 2.75) is 13.0 Å². The van der Waals surface area contributed by atoms with Gasteiger partial charge in [-0.05, 0) is 30.7 Å². The van der Waals surface area contributed by atoms with Crippen molar-refractivity contribution in [2.24, 2.45) is 16.5 Å². The summed E-state index contributed by atoms with van der Waals surface area (Å²) < 4.78 is 5.32. The van der Waals surface area contributed by atoms with Crippen molar-refractivity contribution in [1.29, 1.82) is 0 Å². The quantitative estimate of drug-likeness (QED) is 0.245. The molecule has 0 radical (unpaired) electrons. The zero-order valence-electron chi connectivity index (χ0n) is 13.7. The number of halogens is 1. The van der Waals surface area contributed by atoms with E-state index in [2.05, 4.69) is 15.2 Å². The van der Waals surface area contributed by atoms with Gasteiger partial charge in [0, 0.05) is 25.2 Å². The van der Waals surface area contributed by atoms with E-state index in [1.54, 1.807) is 18.2 Å². The Kier molecular flexibility index (Phi) is 9.65. The van der Waals surface area contributed by atoms with Crippen molar-refractivity contribution in [3.63, 3.8) is 0 Å². The lowest BCUT2D eigenvalue weighted by atomic mass is 10.1. The first-order valence-electron chi connectivity index (χ1n) is 7.88. The fourth-order valence-electron chi connectivity index (χ4n) is 2.40. The molecule has 2 rings (SSSR count). The van der Waals surface area contributed by atoms with E-state index >= 15 is 0 Å². The van der Waals surface area contributed by atoms with Gasteiger partial charge in [0.1, 0.15) is 0 Å². The average Bonchev–Trinajstić information content (AvgIpc) is 2.58. The Morgan fingerprint density at radius 3 is 2.75 bits per heavy atom. The van der Waals surface area contributed by atoms with Gasteiger partial charge in [0.25, 0.3) is 0 Å². The number of hydrogen-bond acceptors (Lipinski definition) is 4. The van der Waals surface area contributed by atoms with Crippen LogP contribution in [0.15, 0.2) is 29.3 Å². The van der Waals surface area contributed by atoms with Crippen LogP contribution in [0.4, 0.5) is 0 Å². The van der Waals surface area contributed by atoms with Gasteiger partial charge in [-0.25, -0.2) is 4.99 Å². The van der Waals surface area contributed by atoms with Gasteiger partial charge in [-0.15, -0.1) is 24.0 Å². The Hall–Kier alpha value is -1.39. The van der Waals surface area contributed by atoms with Crippen molar-refractivity contribution in [3.8, 4) is 0 Å². The predicted octanol–water partition coefficient (Wildman–Crippen LogP) is 0.530. The van der Waals surface area contributed by atoms with Gasteiger partial charge >= 0.3 is 0 Å². The number of aliphatic imine (C=N–C) groups is 1. The number of benzene rings is 1. The maximum atomic E-state index is 11.1. The normalized spacial score (nSPS) is 15.6. The fraction of sp³-hybridized carbons (Fsp3) is 0.500. The Balaban J connectivity index is 0.00000288. The minimum absolute atomic E-state index is 0. The molecular weight excluding hydrogens is 421 g/mol. The van der Waals surface area contributed by atoms with Crippen LogP contribution in [0.1, 0.15) is 22.3 Å². The molecule has 0 saturated carbocycles. The molecule has 1 aromatic carbocycles. The number of amides is 1. The van der Waals surface area contributed by atoms with E-state index < -0.39 is 5.91 Å². The van der Waals surface area contributed by atoms with E-state index in [0.29, 0.717) is 18.1 Å². The Morgan fingerprint density at radius 1 is 1.29 bits per heavy atom. The maximum absolute atomic E-state index is 11.1. The second kappa shape index (κ2) is 11.2. The Bertz CT molecular complexity index is 547. The molecule has 0 bridgehead atoms. The second-order valence-corrected chi connectivity index (χ2v) is 5.50. The third-order valence-electron chi connectivity index (χ3n) is 3.70. The van der Waals surface area contributed by atoms with Gasteiger partial charge in [-0.1, -0.05) is 12.1 Å². The molecule has 24 heavy (non-hydrogen) atoms. The van der Waals surface area contributed by atoms with Gasteiger partial charge in [0.15, 0.2) is 5.96 Å². The Morgan fingerprint density at radius 2 is 2.04 bits per heavy atom. The molecular formula is C16H26IN5O2. The van der Waals surface area contributed by atoms with Gasteiger partial charge < -0.3 is 21.5 Å². The first-order chi connectivity index (χ1) is 11.1. The van der Waals surface area contributed by atoms with Gasteiger partial charge in [0.2, 0.25) is 5.91 Å². The number of guanidine groups is 1. The van der Waals surface area contributed by atoms with Crippen LogP contribution in [0.3, 0.4) is 0 Å². The van der Waals surface area contributed by atoms with Crippen molar-refractivity contribution >= 4 is 35.8 Å². The van der Waals surface area contributed by atoms with E-state index in [9.17, 15) is 4.79 Å². The van der Waals surface area contributed by atoms with Crippen molar-refractivity contribution in [2.75, 3.05) is 39.4 Å². The van der Waals surface area contributed by atoms with E-state index in [-0.39, 0.29) is 24.0 Å².